The summed E-state index contributed by atoms with van der Waals surface area (Å²) in [6, 6.07) is 4.53. The fourth-order valence-electron chi connectivity index (χ4n) is 6.03. The maximum atomic E-state index is 14.0. The molecule has 3 aliphatic carbocycles. The van der Waals surface area contributed by atoms with Crippen molar-refractivity contribution in [2.45, 2.75) is 65.2 Å². The van der Waals surface area contributed by atoms with Crippen LogP contribution in [0.4, 0.5) is 0 Å². The Morgan fingerprint density at radius 1 is 1.00 bits per heavy atom. The number of ketones is 1. The first-order valence-corrected chi connectivity index (χ1v) is 16.0. The van der Waals surface area contributed by atoms with Crippen LogP contribution in [0, 0.1) is 19.8 Å². The molecular weight excluding hydrogens is 536 g/mol. The smallest absolute Gasteiger partial charge is 0.169 e. The minimum atomic E-state index is -0.187. The largest absolute Gasteiger partial charge is 0.493 e. The van der Waals surface area contributed by atoms with Crippen molar-refractivity contribution in [3.05, 3.63) is 87.7 Å². The van der Waals surface area contributed by atoms with Crippen LogP contribution < -0.4 is 0 Å². The molecule has 0 saturated carbocycles. The summed E-state index contributed by atoms with van der Waals surface area (Å²) in [6.07, 6.45) is 14.8. The summed E-state index contributed by atoms with van der Waals surface area (Å²) in [4.78, 5) is 20.1. The topological polar surface area (TPSA) is 26.3 Å². The molecular formula is C31H31ClO2S3. The van der Waals surface area contributed by atoms with E-state index in [0.717, 1.165) is 57.6 Å². The van der Waals surface area contributed by atoms with Crippen molar-refractivity contribution in [2.24, 2.45) is 5.92 Å². The fourth-order valence-corrected chi connectivity index (χ4v) is 9.75. The highest BCUT2D eigenvalue weighted by atomic mass is 35.5. The van der Waals surface area contributed by atoms with Crippen molar-refractivity contribution >= 4 is 63.0 Å². The van der Waals surface area contributed by atoms with Crippen LogP contribution in [0.15, 0.2) is 57.6 Å². The van der Waals surface area contributed by atoms with Gasteiger partial charge in [-0.25, -0.2) is 0 Å². The van der Waals surface area contributed by atoms with Crippen molar-refractivity contribution in [1.29, 1.82) is 0 Å². The van der Waals surface area contributed by atoms with E-state index in [0.29, 0.717) is 6.61 Å². The van der Waals surface area contributed by atoms with Gasteiger partial charge in [0.05, 0.1) is 16.9 Å². The Balaban J connectivity index is 1.40. The molecule has 0 amide bonds. The maximum absolute atomic E-state index is 14.0. The average Bonchev–Trinajstić information content (AvgIpc) is 3.60. The molecule has 2 aromatic rings. The van der Waals surface area contributed by atoms with Crippen molar-refractivity contribution in [3.63, 3.8) is 0 Å². The van der Waals surface area contributed by atoms with E-state index in [9.17, 15) is 4.79 Å². The zero-order chi connectivity index (χ0) is 25.7. The number of carbonyl (C=O) groups is 1. The number of thiophene rings is 2. The Labute approximate surface area is 236 Å². The summed E-state index contributed by atoms with van der Waals surface area (Å²) >= 11 is 11.7. The molecule has 0 fully saturated rings. The summed E-state index contributed by atoms with van der Waals surface area (Å²) in [5.41, 5.74) is 6.61. The number of aryl methyl sites for hydroxylation is 2. The minimum absolute atomic E-state index is 0.0455. The number of thioether (sulfide) groups is 1. The van der Waals surface area contributed by atoms with Gasteiger partial charge in [0.1, 0.15) is 5.76 Å². The summed E-state index contributed by atoms with van der Waals surface area (Å²) in [7, 11) is 0. The summed E-state index contributed by atoms with van der Waals surface area (Å²) in [6.45, 7) is 7.20. The van der Waals surface area contributed by atoms with Crippen LogP contribution in [0.3, 0.4) is 0 Å². The molecule has 0 aromatic carbocycles. The molecule has 1 aliphatic heterocycles. The van der Waals surface area contributed by atoms with E-state index in [1.807, 2.05) is 11.3 Å². The first-order valence-electron chi connectivity index (χ1n) is 13.2. The molecule has 0 N–H and O–H groups in total. The first-order chi connectivity index (χ1) is 18.0. The number of ether oxygens (including phenoxy) is 1. The lowest BCUT2D eigenvalue weighted by molar-refractivity contribution is -0.118. The lowest BCUT2D eigenvalue weighted by Crippen LogP contribution is -2.30. The molecule has 0 saturated heterocycles. The van der Waals surface area contributed by atoms with E-state index in [1.54, 1.807) is 23.1 Å². The molecule has 6 rings (SSSR count). The number of hydrogen-bond donors (Lipinski definition) is 0. The van der Waals surface area contributed by atoms with E-state index in [2.05, 4.69) is 57.2 Å². The Bertz CT molecular complexity index is 1430. The maximum Gasteiger partial charge on any atom is 0.169 e. The third-order valence-electron chi connectivity index (χ3n) is 7.75. The van der Waals surface area contributed by atoms with Crippen LogP contribution in [0.2, 0.25) is 4.34 Å². The van der Waals surface area contributed by atoms with E-state index in [4.69, 9.17) is 16.3 Å². The summed E-state index contributed by atoms with van der Waals surface area (Å²) in [5.74, 6) is 1.03. The van der Waals surface area contributed by atoms with Crippen molar-refractivity contribution in [1.82, 2.24) is 0 Å². The molecule has 2 atom stereocenters. The Morgan fingerprint density at radius 2 is 1.76 bits per heavy atom. The van der Waals surface area contributed by atoms with Gasteiger partial charge in [-0.3, -0.25) is 4.79 Å². The highest BCUT2D eigenvalue weighted by molar-refractivity contribution is 8.07. The zero-order valence-corrected chi connectivity index (χ0v) is 24.7. The van der Waals surface area contributed by atoms with Gasteiger partial charge in [-0.1, -0.05) is 48.5 Å². The van der Waals surface area contributed by atoms with Gasteiger partial charge < -0.3 is 4.74 Å². The molecule has 2 aromatic heterocycles. The van der Waals surface area contributed by atoms with Gasteiger partial charge in [0.2, 0.25) is 0 Å². The van der Waals surface area contributed by atoms with Crippen molar-refractivity contribution in [2.75, 3.05) is 6.61 Å². The number of halogens is 1. The van der Waals surface area contributed by atoms with E-state index < -0.39 is 0 Å². The summed E-state index contributed by atoms with van der Waals surface area (Å²) < 4.78 is 7.02. The lowest BCUT2D eigenvalue weighted by Gasteiger charge is -2.35. The first kappa shape index (κ1) is 25.5. The molecule has 2 unspecified atom stereocenters. The highest BCUT2D eigenvalue weighted by Crippen LogP contribution is 2.54. The standard InChI is InChI=1S/C31H31ClO2S3/c1-4-14-34-25-13-12-21(29-30(33)22-8-5-6-11-26(22)37-31(25)29)27-15-23(17(2)35-27)19-9-7-10-20(19)24-16-28(32)36-18(24)3/h6,11-13,15-16,21,29H,4-5,7-10,14H2,1-3H3. The number of allylic oxidation sites excluding steroid dienone is 8. The Morgan fingerprint density at radius 3 is 2.49 bits per heavy atom. The predicted molar refractivity (Wildman–Crippen MR) is 160 cm³/mol. The minimum Gasteiger partial charge on any atom is -0.493 e. The van der Waals surface area contributed by atoms with E-state index >= 15 is 0 Å². The molecule has 0 spiro atoms. The molecule has 6 heteroatoms. The average molecular weight is 567 g/mol. The van der Waals surface area contributed by atoms with Gasteiger partial charge in [0, 0.05) is 35.9 Å². The molecule has 3 heterocycles. The Hall–Kier alpha value is -1.79. The number of Topliss-reactive ketones (excluding diaryl/α,β-unsaturated/α-hetero) is 1. The highest BCUT2D eigenvalue weighted by Gasteiger charge is 2.43. The zero-order valence-electron chi connectivity index (χ0n) is 21.5. The van der Waals surface area contributed by atoms with Gasteiger partial charge in [0.15, 0.2) is 5.78 Å². The number of hydrogen-bond acceptors (Lipinski definition) is 5. The number of rotatable bonds is 6. The number of carbonyl (C=O) groups excluding carboxylic acids is 1. The molecule has 4 aliphatic rings. The second-order valence-corrected chi connectivity index (χ2v) is 14.4. The van der Waals surface area contributed by atoms with Crippen LogP contribution in [0.5, 0.6) is 0 Å². The van der Waals surface area contributed by atoms with Gasteiger partial charge in [-0.2, -0.15) is 0 Å². The van der Waals surface area contributed by atoms with Crippen LogP contribution in [-0.4, -0.2) is 12.4 Å². The van der Waals surface area contributed by atoms with Gasteiger partial charge in [-0.15, -0.1) is 22.7 Å². The van der Waals surface area contributed by atoms with Gasteiger partial charge in [-0.05, 0) is 92.9 Å². The van der Waals surface area contributed by atoms with Crippen LogP contribution in [0.25, 0.3) is 11.1 Å². The van der Waals surface area contributed by atoms with Crippen molar-refractivity contribution < 1.29 is 9.53 Å². The molecule has 192 valence electrons. The predicted octanol–water partition coefficient (Wildman–Crippen LogP) is 10.0. The fraction of sp³-hybridized carbons (Fsp3) is 0.387. The quantitative estimate of drug-likeness (QED) is 0.348. The Kier molecular flexibility index (Phi) is 7.17. The van der Waals surface area contributed by atoms with Crippen molar-refractivity contribution in [3.8, 4) is 0 Å². The molecule has 37 heavy (non-hydrogen) atoms. The normalized spacial score (nSPS) is 23.3. The third kappa shape index (κ3) is 4.56. The van der Waals surface area contributed by atoms with E-state index in [-0.39, 0.29) is 17.6 Å². The third-order valence-corrected chi connectivity index (χ3v) is 11.4. The second kappa shape index (κ2) is 10.4. The van der Waals surface area contributed by atoms with Crippen LogP contribution in [-0.2, 0) is 9.53 Å². The molecule has 0 radical (unpaired) electrons. The van der Waals surface area contributed by atoms with Crippen LogP contribution >= 0.6 is 46.0 Å². The molecule has 2 nitrogen and oxygen atoms in total. The van der Waals surface area contributed by atoms with Crippen LogP contribution in [0.1, 0.15) is 77.1 Å². The van der Waals surface area contributed by atoms with Gasteiger partial charge >= 0.3 is 0 Å². The monoisotopic (exact) mass is 566 g/mol. The SMILES string of the molecule is CCCOC1=C2SC3=C(CCC=C3)C(=O)C2C(c2cc(C3=C(c4cc(Cl)sc4C)CCC3)c(C)s2)C=C1. The summed E-state index contributed by atoms with van der Waals surface area (Å²) in [5, 5.41) is 0. The van der Waals surface area contributed by atoms with E-state index in [1.165, 1.54) is 43.3 Å². The molecule has 0 bridgehead atoms. The second-order valence-electron chi connectivity index (χ2n) is 10.1. The number of fused-ring (bicyclic) bond motifs is 1. The lowest BCUT2D eigenvalue weighted by atomic mass is 9.79. The van der Waals surface area contributed by atoms with Gasteiger partial charge in [0.25, 0.3) is 0 Å².